The van der Waals surface area contributed by atoms with Crippen LogP contribution in [0.3, 0.4) is 0 Å². The van der Waals surface area contributed by atoms with Crippen LogP contribution in [0.25, 0.3) is 0 Å². The molecule has 140 valence electrons. The molecule has 1 aromatic rings. The summed E-state index contributed by atoms with van der Waals surface area (Å²) < 4.78 is 27.6. The van der Waals surface area contributed by atoms with E-state index in [4.69, 9.17) is 0 Å². The second-order valence-corrected chi connectivity index (χ2v) is 9.47. The average molecular weight is 432 g/mol. The van der Waals surface area contributed by atoms with Crippen molar-refractivity contribution in [1.82, 2.24) is 14.5 Å². The van der Waals surface area contributed by atoms with Crippen LogP contribution in [0, 0.1) is 5.92 Å². The van der Waals surface area contributed by atoms with Gasteiger partial charge in [0.25, 0.3) is 0 Å². The van der Waals surface area contributed by atoms with Crippen LogP contribution in [0.2, 0.25) is 0 Å². The topological polar surface area (TPSA) is 69.7 Å². The van der Waals surface area contributed by atoms with Crippen molar-refractivity contribution in [2.24, 2.45) is 5.92 Å². The molecule has 25 heavy (non-hydrogen) atoms. The molecule has 0 aliphatic carbocycles. The van der Waals surface area contributed by atoms with E-state index >= 15 is 0 Å². The van der Waals surface area contributed by atoms with E-state index in [1.807, 2.05) is 0 Å². The van der Waals surface area contributed by atoms with Gasteiger partial charge in [-0.05, 0) is 43.0 Å². The molecule has 1 aromatic carbocycles. The van der Waals surface area contributed by atoms with Gasteiger partial charge < -0.3 is 10.2 Å². The van der Waals surface area contributed by atoms with E-state index in [0.29, 0.717) is 38.6 Å². The monoisotopic (exact) mass is 431 g/mol. The van der Waals surface area contributed by atoms with Gasteiger partial charge in [0.2, 0.25) is 10.0 Å². The summed E-state index contributed by atoms with van der Waals surface area (Å²) in [7, 11) is -3.50. The highest BCUT2D eigenvalue weighted by atomic mass is 79.9. The van der Waals surface area contributed by atoms with Crippen LogP contribution < -0.4 is 5.32 Å². The number of nitrogens with one attached hydrogen (secondary N) is 1. The van der Waals surface area contributed by atoms with E-state index in [9.17, 15) is 13.2 Å². The summed E-state index contributed by atoms with van der Waals surface area (Å²) >= 11 is 3.31. The van der Waals surface area contributed by atoms with Crippen molar-refractivity contribution in [2.75, 3.05) is 32.7 Å². The zero-order valence-electron chi connectivity index (χ0n) is 14.7. The molecule has 1 heterocycles. The normalized spacial score (nSPS) is 16.2. The number of hydrogen-bond donors (Lipinski definition) is 1. The fraction of sp³-hybridized carbons (Fsp3) is 0.588. The molecule has 0 spiro atoms. The van der Waals surface area contributed by atoms with E-state index in [2.05, 4.69) is 35.1 Å². The zero-order chi connectivity index (χ0) is 18.4. The molecule has 2 amide bonds. The van der Waals surface area contributed by atoms with E-state index < -0.39 is 10.0 Å². The Kier molecular flexibility index (Phi) is 7.27. The maximum atomic E-state index is 12.6. The number of benzene rings is 1. The molecule has 0 bridgehead atoms. The summed E-state index contributed by atoms with van der Waals surface area (Å²) in [4.78, 5) is 14.1. The first-order valence-electron chi connectivity index (χ1n) is 8.59. The lowest BCUT2D eigenvalue weighted by molar-refractivity contribution is 0.172. The summed E-state index contributed by atoms with van der Waals surface area (Å²) in [6, 6.07) is 6.51. The van der Waals surface area contributed by atoms with Crippen LogP contribution in [0.1, 0.15) is 26.7 Å². The molecule has 1 fully saturated rings. The number of sulfonamides is 1. The first-order valence-corrected chi connectivity index (χ1v) is 10.8. The van der Waals surface area contributed by atoms with Gasteiger partial charge >= 0.3 is 6.03 Å². The number of hydrogen-bond acceptors (Lipinski definition) is 3. The van der Waals surface area contributed by atoms with Gasteiger partial charge in [0.15, 0.2) is 0 Å². The minimum absolute atomic E-state index is 0.107. The predicted molar refractivity (Wildman–Crippen MR) is 102 cm³/mol. The molecule has 0 saturated carbocycles. The quantitative estimate of drug-likeness (QED) is 0.703. The maximum Gasteiger partial charge on any atom is 0.317 e. The van der Waals surface area contributed by atoms with Crippen molar-refractivity contribution < 1.29 is 13.2 Å². The average Bonchev–Trinajstić information content (AvgIpc) is 2.59. The van der Waals surface area contributed by atoms with Crippen LogP contribution >= 0.6 is 15.9 Å². The Hall–Kier alpha value is -1.12. The fourth-order valence-corrected chi connectivity index (χ4v) is 4.39. The lowest BCUT2D eigenvalue weighted by Crippen LogP contribution is -2.53. The Bertz CT molecular complexity index is 669. The number of nitrogens with zero attached hydrogens (tertiary/aromatic N) is 2. The van der Waals surface area contributed by atoms with Crippen molar-refractivity contribution in [2.45, 2.75) is 31.6 Å². The van der Waals surface area contributed by atoms with Crippen LogP contribution in [-0.2, 0) is 10.0 Å². The van der Waals surface area contributed by atoms with Gasteiger partial charge in [-0.1, -0.05) is 29.8 Å². The molecular weight excluding hydrogens is 406 g/mol. The Morgan fingerprint density at radius 2 is 1.76 bits per heavy atom. The van der Waals surface area contributed by atoms with E-state index in [1.165, 1.54) is 4.31 Å². The molecule has 1 aliphatic heterocycles. The number of carbonyl (C=O) groups excluding carboxylic acids is 1. The first kappa shape index (κ1) is 20.2. The Morgan fingerprint density at radius 1 is 1.16 bits per heavy atom. The highest BCUT2D eigenvalue weighted by molar-refractivity contribution is 9.10. The van der Waals surface area contributed by atoms with Crippen molar-refractivity contribution in [3.8, 4) is 0 Å². The van der Waals surface area contributed by atoms with Crippen molar-refractivity contribution in [1.29, 1.82) is 0 Å². The largest absolute Gasteiger partial charge is 0.338 e. The Labute approximate surface area is 158 Å². The standard InChI is InChI=1S/C17H26BrN3O3S/c1-14(2)4-3-9-19-17(22)20-10-12-21(13-11-20)25(23,24)16-7-5-15(18)6-8-16/h5-8,14H,3-4,9-13H2,1-2H3,(H,19,22). The molecule has 6 nitrogen and oxygen atoms in total. The number of rotatable bonds is 6. The third kappa shape index (κ3) is 5.69. The Balaban J connectivity index is 1.84. The fourth-order valence-electron chi connectivity index (χ4n) is 2.70. The van der Waals surface area contributed by atoms with Crippen molar-refractivity contribution in [3.05, 3.63) is 28.7 Å². The summed E-state index contributed by atoms with van der Waals surface area (Å²) in [5.41, 5.74) is 0. The lowest BCUT2D eigenvalue weighted by atomic mass is 10.1. The second-order valence-electron chi connectivity index (χ2n) is 6.61. The van der Waals surface area contributed by atoms with Crippen LogP contribution in [0.4, 0.5) is 4.79 Å². The van der Waals surface area contributed by atoms with Crippen molar-refractivity contribution >= 4 is 32.0 Å². The highest BCUT2D eigenvalue weighted by Gasteiger charge is 2.29. The molecule has 0 aromatic heterocycles. The molecule has 0 radical (unpaired) electrons. The van der Waals surface area contributed by atoms with Gasteiger partial charge in [-0.25, -0.2) is 13.2 Å². The molecule has 0 atom stereocenters. The van der Waals surface area contributed by atoms with Gasteiger partial charge in [0, 0.05) is 37.2 Å². The summed E-state index contributed by atoms with van der Waals surface area (Å²) in [6.07, 6.45) is 2.04. The first-order chi connectivity index (χ1) is 11.8. The van der Waals surface area contributed by atoms with Gasteiger partial charge in [0.1, 0.15) is 0 Å². The van der Waals surface area contributed by atoms with Gasteiger partial charge in [-0.2, -0.15) is 4.31 Å². The van der Waals surface area contributed by atoms with Gasteiger partial charge in [-0.15, -0.1) is 0 Å². The molecule has 1 N–H and O–H groups in total. The third-order valence-electron chi connectivity index (χ3n) is 4.21. The minimum Gasteiger partial charge on any atom is -0.338 e. The number of halogens is 1. The molecular formula is C17H26BrN3O3S. The third-order valence-corrected chi connectivity index (χ3v) is 6.65. The maximum absolute atomic E-state index is 12.6. The van der Waals surface area contributed by atoms with Gasteiger partial charge in [-0.3, -0.25) is 0 Å². The number of piperazine rings is 1. The zero-order valence-corrected chi connectivity index (χ0v) is 17.1. The SMILES string of the molecule is CC(C)CCCNC(=O)N1CCN(S(=O)(=O)c2ccc(Br)cc2)CC1. The predicted octanol–water partition coefficient (Wildman–Crippen LogP) is 2.90. The number of carbonyl (C=O) groups is 1. The van der Waals surface area contributed by atoms with E-state index in [0.717, 1.165) is 17.3 Å². The summed E-state index contributed by atoms with van der Waals surface area (Å²) in [5, 5.41) is 2.91. The van der Waals surface area contributed by atoms with Crippen LogP contribution in [0.15, 0.2) is 33.6 Å². The van der Waals surface area contributed by atoms with E-state index in [-0.39, 0.29) is 10.9 Å². The van der Waals surface area contributed by atoms with Gasteiger partial charge in [0.05, 0.1) is 4.90 Å². The molecule has 1 saturated heterocycles. The molecule has 1 aliphatic rings. The van der Waals surface area contributed by atoms with Crippen LogP contribution in [0.5, 0.6) is 0 Å². The smallest absolute Gasteiger partial charge is 0.317 e. The second kappa shape index (κ2) is 9.00. The van der Waals surface area contributed by atoms with E-state index in [1.54, 1.807) is 29.2 Å². The lowest BCUT2D eigenvalue weighted by Gasteiger charge is -2.34. The minimum atomic E-state index is -3.50. The summed E-state index contributed by atoms with van der Waals surface area (Å²) in [6.45, 7) is 6.43. The van der Waals surface area contributed by atoms with Crippen molar-refractivity contribution in [3.63, 3.8) is 0 Å². The molecule has 0 unspecified atom stereocenters. The highest BCUT2D eigenvalue weighted by Crippen LogP contribution is 2.20. The van der Waals surface area contributed by atoms with Crippen LogP contribution in [-0.4, -0.2) is 56.4 Å². The summed E-state index contributed by atoms with van der Waals surface area (Å²) in [5.74, 6) is 0.629. The Morgan fingerprint density at radius 3 is 2.32 bits per heavy atom. The molecule has 2 rings (SSSR count). The molecule has 8 heteroatoms. The number of urea groups is 1. The number of amides is 2.